The molecule has 1 aromatic carbocycles. The summed E-state index contributed by atoms with van der Waals surface area (Å²) in [4.78, 5) is 36.5. The summed E-state index contributed by atoms with van der Waals surface area (Å²) in [5.74, 6) is -1.31. The highest BCUT2D eigenvalue weighted by Crippen LogP contribution is 2.36. The standard InChI is InChI=1S/C18H20N2O7/c1-26-13-5-4-10-8-11(16(22)19-12(9-21)18(24)25)17(23)20-6-2-3-7-27-15(13)14(10)20/h4-5,8,12,21H,2-3,6-7,9H2,1H3,(H,19,22)(H,24,25). The van der Waals surface area contributed by atoms with E-state index in [0.717, 1.165) is 6.42 Å². The van der Waals surface area contributed by atoms with Crippen LogP contribution in [-0.4, -0.2) is 53.0 Å². The normalized spacial score (nSPS) is 14.6. The van der Waals surface area contributed by atoms with E-state index < -0.39 is 30.1 Å². The third kappa shape index (κ3) is 3.45. The Morgan fingerprint density at radius 3 is 2.81 bits per heavy atom. The van der Waals surface area contributed by atoms with Gasteiger partial charge in [-0.25, -0.2) is 4.79 Å². The molecule has 0 radical (unpaired) electrons. The first-order valence-corrected chi connectivity index (χ1v) is 8.49. The van der Waals surface area contributed by atoms with Crippen molar-refractivity contribution in [1.82, 2.24) is 9.88 Å². The number of ether oxygens (including phenoxy) is 2. The molecule has 1 aliphatic heterocycles. The molecule has 1 aliphatic rings. The molecule has 0 saturated carbocycles. The van der Waals surface area contributed by atoms with Crippen molar-refractivity contribution in [1.29, 1.82) is 0 Å². The molecule has 0 spiro atoms. The number of aryl methyl sites for hydroxylation is 1. The smallest absolute Gasteiger partial charge is 0.328 e. The molecule has 2 heterocycles. The summed E-state index contributed by atoms with van der Waals surface area (Å²) in [5.41, 5.74) is -0.214. The van der Waals surface area contributed by atoms with Gasteiger partial charge in [0.25, 0.3) is 11.5 Å². The number of hydrogen-bond acceptors (Lipinski definition) is 6. The second-order valence-corrected chi connectivity index (χ2v) is 6.15. The molecule has 9 nitrogen and oxygen atoms in total. The minimum Gasteiger partial charge on any atom is -0.493 e. The lowest BCUT2D eigenvalue weighted by molar-refractivity contribution is -0.140. The predicted molar refractivity (Wildman–Crippen MR) is 95.5 cm³/mol. The van der Waals surface area contributed by atoms with E-state index in [0.29, 0.717) is 42.0 Å². The van der Waals surface area contributed by atoms with Crippen molar-refractivity contribution in [3.8, 4) is 11.5 Å². The third-order valence-electron chi connectivity index (χ3n) is 4.44. The topological polar surface area (TPSA) is 127 Å². The van der Waals surface area contributed by atoms with Gasteiger partial charge in [0, 0.05) is 11.9 Å². The summed E-state index contributed by atoms with van der Waals surface area (Å²) < 4.78 is 12.6. The van der Waals surface area contributed by atoms with Gasteiger partial charge in [0.05, 0.1) is 25.8 Å². The highest BCUT2D eigenvalue weighted by Gasteiger charge is 2.25. The van der Waals surface area contributed by atoms with Crippen LogP contribution in [0.3, 0.4) is 0 Å². The number of aliphatic hydroxyl groups excluding tert-OH is 1. The first-order valence-electron chi connectivity index (χ1n) is 8.49. The number of aliphatic carboxylic acids is 1. The van der Waals surface area contributed by atoms with Crippen LogP contribution in [0.5, 0.6) is 11.5 Å². The van der Waals surface area contributed by atoms with Crippen molar-refractivity contribution in [2.45, 2.75) is 25.4 Å². The molecular weight excluding hydrogens is 356 g/mol. The molecule has 27 heavy (non-hydrogen) atoms. The maximum absolute atomic E-state index is 12.9. The molecule has 3 N–H and O–H groups in total. The molecule has 1 aromatic heterocycles. The number of carbonyl (C=O) groups is 2. The van der Waals surface area contributed by atoms with E-state index in [1.807, 2.05) is 0 Å². The summed E-state index contributed by atoms with van der Waals surface area (Å²) in [6, 6.07) is 3.29. The van der Waals surface area contributed by atoms with Crippen LogP contribution in [0, 0.1) is 0 Å². The highest BCUT2D eigenvalue weighted by atomic mass is 16.5. The zero-order valence-electron chi connectivity index (χ0n) is 14.7. The largest absolute Gasteiger partial charge is 0.493 e. The Labute approximate surface area is 154 Å². The number of hydrogen-bond donors (Lipinski definition) is 3. The molecule has 1 atom stereocenters. The van der Waals surface area contributed by atoms with Crippen molar-refractivity contribution < 1.29 is 29.3 Å². The molecule has 144 valence electrons. The number of nitrogens with zero attached hydrogens (tertiary/aromatic N) is 1. The Balaban J connectivity index is 2.17. The fourth-order valence-corrected chi connectivity index (χ4v) is 3.07. The van der Waals surface area contributed by atoms with Crippen molar-refractivity contribution in [2.75, 3.05) is 20.3 Å². The lowest BCUT2D eigenvalue weighted by atomic mass is 10.1. The highest BCUT2D eigenvalue weighted by molar-refractivity contribution is 6.00. The number of carboxylic acid groups (broad SMARTS) is 1. The van der Waals surface area contributed by atoms with Crippen LogP contribution in [-0.2, 0) is 11.3 Å². The SMILES string of the molecule is COc1ccc2cc(C(=O)NC(CO)C(=O)O)c(=O)n3c2c1OCCCC3. The van der Waals surface area contributed by atoms with Crippen LogP contribution in [0.1, 0.15) is 23.2 Å². The summed E-state index contributed by atoms with van der Waals surface area (Å²) in [6.07, 6.45) is 1.42. The average molecular weight is 376 g/mol. The van der Waals surface area contributed by atoms with Gasteiger partial charge in [0.2, 0.25) is 0 Å². The summed E-state index contributed by atoms with van der Waals surface area (Å²) in [7, 11) is 1.50. The molecule has 1 amide bonds. The second-order valence-electron chi connectivity index (χ2n) is 6.15. The minimum absolute atomic E-state index is 0.195. The predicted octanol–water partition coefficient (Wildman–Crippen LogP) is 0.358. The first kappa shape index (κ1) is 18.7. The van der Waals surface area contributed by atoms with Gasteiger partial charge < -0.3 is 29.6 Å². The molecule has 2 aromatic rings. The van der Waals surface area contributed by atoms with Crippen LogP contribution in [0.25, 0.3) is 10.9 Å². The number of pyridine rings is 1. The van der Waals surface area contributed by atoms with Crippen LogP contribution >= 0.6 is 0 Å². The molecule has 0 bridgehead atoms. The van der Waals surface area contributed by atoms with E-state index in [4.69, 9.17) is 19.7 Å². The molecule has 9 heteroatoms. The summed E-state index contributed by atoms with van der Waals surface area (Å²) in [6.45, 7) is 0.100. The lowest BCUT2D eigenvalue weighted by Crippen LogP contribution is -2.45. The van der Waals surface area contributed by atoms with E-state index in [1.54, 1.807) is 12.1 Å². The number of rotatable bonds is 5. The zero-order chi connectivity index (χ0) is 19.6. The van der Waals surface area contributed by atoms with Crippen molar-refractivity contribution in [3.05, 3.63) is 34.1 Å². The molecule has 3 rings (SSSR count). The number of benzene rings is 1. The van der Waals surface area contributed by atoms with E-state index in [1.165, 1.54) is 17.7 Å². The Morgan fingerprint density at radius 1 is 1.37 bits per heavy atom. The Kier molecular flexibility index (Phi) is 5.31. The molecule has 0 saturated heterocycles. The number of carboxylic acids is 1. The van der Waals surface area contributed by atoms with Crippen LogP contribution in [0.4, 0.5) is 0 Å². The van der Waals surface area contributed by atoms with Gasteiger partial charge in [0.1, 0.15) is 5.56 Å². The number of aromatic nitrogens is 1. The molecule has 0 aliphatic carbocycles. The molecular formula is C18H20N2O7. The molecule has 0 fully saturated rings. The van der Waals surface area contributed by atoms with Gasteiger partial charge >= 0.3 is 5.97 Å². The Hall–Kier alpha value is -3.07. The van der Waals surface area contributed by atoms with Crippen molar-refractivity contribution in [3.63, 3.8) is 0 Å². The maximum Gasteiger partial charge on any atom is 0.328 e. The van der Waals surface area contributed by atoms with E-state index >= 15 is 0 Å². The zero-order valence-corrected chi connectivity index (χ0v) is 14.7. The summed E-state index contributed by atoms with van der Waals surface area (Å²) in [5, 5.41) is 20.8. The quantitative estimate of drug-likeness (QED) is 0.687. The van der Waals surface area contributed by atoms with Crippen LogP contribution < -0.4 is 20.3 Å². The second kappa shape index (κ2) is 7.67. The Morgan fingerprint density at radius 2 is 2.15 bits per heavy atom. The fraction of sp³-hybridized carbons (Fsp3) is 0.389. The lowest BCUT2D eigenvalue weighted by Gasteiger charge is -2.21. The Bertz CT molecular complexity index is 951. The fourth-order valence-electron chi connectivity index (χ4n) is 3.07. The molecule has 1 unspecified atom stereocenters. The van der Waals surface area contributed by atoms with Gasteiger partial charge in [-0.1, -0.05) is 0 Å². The number of aliphatic hydroxyl groups is 1. The number of nitrogens with one attached hydrogen (secondary N) is 1. The van der Waals surface area contributed by atoms with Gasteiger partial charge in [-0.3, -0.25) is 9.59 Å². The van der Waals surface area contributed by atoms with E-state index in [-0.39, 0.29) is 5.56 Å². The van der Waals surface area contributed by atoms with Gasteiger partial charge in [-0.2, -0.15) is 0 Å². The number of methoxy groups -OCH3 is 1. The summed E-state index contributed by atoms with van der Waals surface area (Å²) >= 11 is 0. The maximum atomic E-state index is 12.9. The van der Waals surface area contributed by atoms with Gasteiger partial charge in [0.15, 0.2) is 17.5 Å². The van der Waals surface area contributed by atoms with E-state index in [2.05, 4.69) is 5.32 Å². The minimum atomic E-state index is -1.49. The van der Waals surface area contributed by atoms with Crippen molar-refractivity contribution in [2.24, 2.45) is 0 Å². The average Bonchev–Trinajstić information content (AvgIpc) is 2.63. The van der Waals surface area contributed by atoms with Crippen LogP contribution in [0.15, 0.2) is 23.0 Å². The third-order valence-corrected chi connectivity index (χ3v) is 4.44. The number of carbonyl (C=O) groups excluding carboxylic acids is 1. The van der Waals surface area contributed by atoms with Crippen LogP contribution in [0.2, 0.25) is 0 Å². The monoisotopic (exact) mass is 376 g/mol. The van der Waals surface area contributed by atoms with Gasteiger partial charge in [-0.15, -0.1) is 0 Å². The van der Waals surface area contributed by atoms with E-state index in [9.17, 15) is 14.4 Å². The van der Waals surface area contributed by atoms with Crippen molar-refractivity contribution >= 4 is 22.8 Å². The number of amides is 1. The first-order chi connectivity index (χ1) is 13.0. The van der Waals surface area contributed by atoms with Gasteiger partial charge in [-0.05, 0) is 31.0 Å².